The van der Waals surface area contributed by atoms with Crippen molar-refractivity contribution in [2.45, 2.75) is 117 Å². The summed E-state index contributed by atoms with van der Waals surface area (Å²) in [6, 6.07) is 17.3. The minimum Gasteiger partial charge on any atom is -0.376 e. The molecule has 0 N–H and O–H groups in total. The molecule has 0 spiro atoms. The Labute approximate surface area is 220 Å². The Morgan fingerprint density at radius 3 is 1.24 bits per heavy atom. The first-order valence-corrected chi connectivity index (χ1v) is 12.8. The van der Waals surface area contributed by atoms with Crippen LogP contribution in [0.2, 0.25) is 0 Å². The number of hydrogen-bond donors (Lipinski definition) is 0. The van der Waals surface area contributed by atoms with Crippen molar-refractivity contribution in [2.24, 2.45) is 0 Å². The molecule has 0 bridgehead atoms. The predicted molar refractivity (Wildman–Crippen MR) is 140 cm³/mol. The summed E-state index contributed by atoms with van der Waals surface area (Å²) in [6.07, 6.45) is 12.7. The Morgan fingerprint density at radius 2 is 0.939 bits per heavy atom. The fourth-order valence-electron chi connectivity index (χ4n) is 3.49. The van der Waals surface area contributed by atoms with Crippen molar-refractivity contribution in [3.05, 3.63) is 59.7 Å². The second-order valence-corrected chi connectivity index (χ2v) is 10.8. The first kappa shape index (κ1) is 32.3. The molecule has 0 saturated carbocycles. The molecule has 33 heavy (non-hydrogen) atoms. The maximum Gasteiger partial charge on any atom is 2.00 e. The van der Waals surface area contributed by atoms with Crippen LogP contribution in [0.3, 0.4) is 0 Å². The van der Waals surface area contributed by atoms with Gasteiger partial charge in [0.25, 0.3) is 0 Å². The number of hydrogen-bond acceptors (Lipinski definition) is 2. The Morgan fingerprint density at radius 1 is 0.576 bits per heavy atom. The van der Waals surface area contributed by atoms with E-state index in [1.165, 1.54) is 75.3 Å². The molecular weight excluding hydrogens is 440 g/mol. The molecule has 0 aliphatic rings. The van der Waals surface area contributed by atoms with Gasteiger partial charge in [-0.05, 0) is 54.4 Å². The van der Waals surface area contributed by atoms with Gasteiger partial charge in [0.1, 0.15) is 0 Å². The van der Waals surface area contributed by atoms with Gasteiger partial charge in [-0.3, -0.25) is 0 Å². The molecule has 2 aromatic rings. The third kappa shape index (κ3) is 21.6. The molecule has 0 unspecified atom stereocenters. The van der Waals surface area contributed by atoms with Gasteiger partial charge in [-0.2, -0.15) is 35.4 Å². The summed E-state index contributed by atoms with van der Waals surface area (Å²) >= 11 is 0. The zero-order valence-corrected chi connectivity index (χ0v) is 24.0. The molecular formula is C30H50O2Ti. The van der Waals surface area contributed by atoms with E-state index >= 15 is 0 Å². The van der Waals surface area contributed by atoms with E-state index in [2.05, 4.69) is 90.1 Å². The molecule has 0 amide bonds. The van der Waals surface area contributed by atoms with Gasteiger partial charge in [0, 0.05) is 13.2 Å². The van der Waals surface area contributed by atoms with Crippen LogP contribution in [0.15, 0.2) is 48.5 Å². The molecule has 0 radical (unpaired) electrons. The Balaban J connectivity index is 0.000000602. The molecule has 0 atom stereocenters. The summed E-state index contributed by atoms with van der Waals surface area (Å²) in [4.78, 5) is 0. The standard InChI is InChI=1S/2C15H25O.Ti/c2*1-15(2,3)16-13-9-5-4-6-10-14-11-7-8-12-14;/h2*7-8,11-12H,4-6,9-10,13H2,1-3H3;/q2*-1;+2. The van der Waals surface area contributed by atoms with Gasteiger partial charge < -0.3 is 9.47 Å². The maximum absolute atomic E-state index is 5.68. The van der Waals surface area contributed by atoms with Crippen molar-refractivity contribution < 1.29 is 31.2 Å². The molecule has 2 aromatic carbocycles. The number of unbranched alkanes of at least 4 members (excludes halogenated alkanes) is 6. The minimum atomic E-state index is 0. The molecule has 0 aromatic heterocycles. The van der Waals surface area contributed by atoms with Crippen molar-refractivity contribution in [1.29, 1.82) is 0 Å². The molecule has 2 rings (SSSR count). The third-order valence-corrected chi connectivity index (χ3v) is 5.25. The van der Waals surface area contributed by atoms with E-state index in [9.17, 15) is 0 Å². The fraction of sp³-hybridized carbons (Fsp3) is 0.667. The zero-order chi connectivity index (χ0) is 23.7. The zero-order valence-electron chi connectivity index (χ0n) is 22.4. The second kappa shape index (κ2) is 18.6. The summed E-state index contributed by atoms with van der Waals surface area (Å²) in [5.41, 5.74) is 3.00. The Bertz CT molecular complexity index is 572. The monoisotopic (exact) mass is 490 g/mol. The molecule has 2 nitrogen and oxygen atoms in total. The SMILES string of the molecule is CC(C)(C)OCCCCCCc1ccc[cH-]1.CC(C)(C)OCCCCCCc1ccc[cH-]1.[Ti+2]. The van der Waals surface area contributed by atoms with Gasteiger partial charge in [-0.1, -0.05) is 51.4 Å². The summed E-state index contributed by atoms with van der Waals surface area (Å²) in [5, 5.41) is 0. The van der Waals surface area contributed by atoms with Gasteiger partial charge in [0.2, 0.25) is 0 Å². The average molecular weight is 491 g/mol. The first-order valence-electron chi connectivity index (χ1n) is 12.8. The van der Waals surface area contributed by atoms with Crippen molar-refractivity contribution in [2.75, 3.05) is 13.2 Å². The van der Waals surface area contributed by atoms with E-state index < -0.39 is 0 Å². The second-order valence-electron chi connectivity index (χ2n) is 10.8. The number of rotatable bonds is 14. The van der Waals surface area contributed by atoms with E-state index in [0.29, 0.717) is 0 Å². The van der Waals surface area contributed by atoms with E-state index in [0.717, 1.165) is 13.2 Å². The van der Waals surface area contributed by atoms with Crippen LogP contribution in [0.5, 0.6) is 0 Å². The summed E-state index contributed by atoms with van der Waals surface area (Å²) in [7, 11) is 0. The molecule has 0 saturated heterocycles. The quantitative estimate of drug-likeness (QED) is 0.150. The van der Waals surface area contributed by atoms with Gasteiger partial charge in [-0.25, -0.2) is 24.3 Å². The topological polar surface area (TPSA) is 18.5 Å². The van der Waals surface area contributed by atoms with Gasteiger partial charge in [-0.15, -0.1) is 0 Å². The molecule has 0 aliphatic heterocycles. The fourth-order valence-corrected chi connectivity index (χ4v) is 3.49. The molecule has 3 heteroatoms. The summed E-state index contributed by atoms with van der Waals surface area (Å²) in [5.74, 6) is 0. The van der Waals surface area contributed by atoms with Gasteiger partial charge in [0.15, 0.2) is 0 Å². The largest absolute Gasteiger partial charge is 2.00 e. The average Bonchev–Trinajstić information content (AvgIpc) is 3.39. The predicted octanol–water partition coefficient (Wildman–Crippen LogP) is 8.64. The smallest absolute Gasteiger partial charge is 0.376 e. The van der Waals surface area contributed by atoms with Crippen LogP contribution in [0.1, 0.15) is 104 Å². The first-order chi connectivity index (χ1) is 15.2. The van der Waals surface area contributed by atoms with Crippen LogP contribution in [-0.2, 0) is 44.0 Å². The normalized spacial score (nSPS) is 11.6. The number of aryl methyl sites for hydroxylation is 2. The Kier molecular flexibility index (Phi) is 18.3. The van der Waals surface area contributed by atoms with Crippen molar-refractivity contribution in [3.63, 3.8) is 0 Å². The van der Waals surface area contributed by atoms with Crippen molar-refractivity contribution >= 4 is 0 Å². The summed E-state index contributed by atoms with van der Waals surface area (Å²) in [6.45, 7) is 14.5. The van der Waals surface area contributed by atoms with Crippen LogP contribution in [0.4, 0.5) is 0 Å². The van der Waals surface area contributed by atoms with E-state index in [1.807, 2.05) is 0 Å². The molecule has 186 valence electrons. The van der Waals surface area contributed by atoms with E-state index in [-0.39, 0.29) is 32.9 Å². The number of ether oxygens (including phenoxy) is 2. The van der Waals surface area contributed by atoms with Gasteiger partial charge in [0.05, 0.1) is 11.2 Å². The van der Waals surface area contributed by atoms with Crippen molar-refractivity contribution in [1.82, 2.24) is 0 Å². The van der Waals surface area contributed by atoms with Crippen LogP contribution >= 0.6 is 0 Å². The van der Waals surface area contributed by atoms with Crippen LogP contribution < -0.4 is 0 Å². The van der Waals surface area contributed by atoms with Crippen molar-refractivity contribution in [3.8, 4) is 0 Å². The molecule has 0 fully saturated rings. The maximum atomic E-state index is 5.68. The minimum absolute atomic E-state index is 0. The van der Waals surface area contributed by atoms with Gasteiger partial charge >= 0.3 is 21.7 Å². The van der Waals surface area contributed by atoms with Crippen LogP contribution in [0.25, 0.3) is 0 Å². The molecule has 0 aliphatic carbocycles. The van der Waals surface area contributed by atoms with E-state index in [1.54, 1.807) is 0 Å². The Hall–Kier alpha value is -0.666. The van der Waals surface area contributed by atoms with E-state index in [4.69, 9.17) is 9.47 Å². The summed E-state index contributed by atoms with van der Waals surface area (Å²) < 4.78 is 11.4. The van der Waals surface area contributed by atoms with Crippen LogP contribution in [0, 0.1) is 0 Å². The third-order valence-electron chi connectivity index (χ3n) is 5.25. The van der Waals surface area contributed by atoms with Crippen LogP contribution in [-0.4, -0.2) is 24.4 Å². The molecule has 0 heterocycles.